The van der Waals surface area contributed by atoms with Gasteiger partial charge < -0.3 is 11.5 Å². The molecule has 0 heterocycles. The fraction of sp³-hybridized carbons (Fsp3) is 1.00. The molecule has 0 aromatic rings. The van der Waals surface area contributed by atoms with E-state index in [0.29, 0.717) is 12.1 Å². The molecular formula is C19H38N2. The van der Waals surface area contributed by atoms with E-state index in [4.69, 9.17) is 11.5 Å². The monoisotopic (exact) mass is 294 g/mol. The van der Waals surface area contributed by atoms with Crippen LogP contribution in [0.1, 0.15) is 72.6 Å². The van der Waals surface area contributed by atoms with Gasteiger partial charge in [0.05, 0.1) is 0 Å². The summed E-state index contributed by atoms with van der Waals surface area (Å²) in [6, 6.07) is 0.897. The average molecular weight is 295 g/mol. The van der Waals surface area contributed by atoms with E-state index in [1.165, 1.54) is 44.9 Å². The Bertz CT molecular complexity index is 283. The van der Waals surface area contributed by atoms with Crippen LogP contribution in [0.2, 0.25) is 0 Å². The third kappa shape index (κ3) is 4.45. The van der Waals surface area contributed by atoms with Gasteiger partial charge in [-0.1, -0.05) is 27.7 Å². The van der Waals surface area contributed by atoms with E-state index in [1.54, 1.807) is 0 Å². The van der Waals surface area contributed by atoms with Crippen LogP contribution in [-0.2, 0) is 0 Å². The van der Waals surface area contributed by atoms with E-state index in [1.807, 2.05) is 0 Å². The summed E-state index contributed by atoms with van der Waals surface area (Å²) in [5.41, 5.74) is 12.7. The van der Waals surface area contributed by atoms with E-state index < -0.39 is 0 Å². The van der Waals surface area contributed by atoms with Gasteiger partial charge in [0.2, 0.25) is 0 Å². The van der Waals surface area contributed by atoms with Crippen LogP contribution < -0.4 is 11.5 Å². The Morgan fingerprint density at radius 2 is 1.10 bits per heavy atom. The lowest BCUT2D eigenvalue weighted by Gasteiger charge is -2.41. The van der Waals surface area contributed by atoms with Crippen molar-refractivity contribution in [2.24, 2.45) is 47.0 Å². The first-order chi connectivity index (χ1) is 9.88. The van der Waals surface area contributed by atoms with Crippen LogP contribution in [0.15, 0.2) is 0 Å². The van der Waals surface area contributed by atoms with Crippen molar-refractivity contribution in [3.05, 3.63) is 0 Å². The zero-order chi connectivity index (χ0) is 15.6. The molecule has 0 aliphatic heterocycles. The number of hydrogen-bond acceptors (Lipinski definition) is 2. The van der Waals surface area contributed by atoms with Gasteiger partial charge >= 0.3 is 0 Å². The smallest absolute Gasteiger partial charge is 0.00698 e. The second-order valence-corrected chi connectivity index (χ2v) is 8.74. The number of nitrogens with two attached hydrogens (primary N) is 2. The lowest BCUT2D eigenvalue weighted by molar-refractivity contribution is 0.124. The molecule has 0 aromatic heterocycles. The molecule has 21 heavy (non-hydrogen) atoms. The van der Waals surface area contributed by atoms with Crippen LogP contribution >= 0.6 is 0 Å². The molecule has 2 saturated carbocycles. The fourth-order valence-electron chi connectivity index (χ4n) is 5.07. The van der Waals surface area contributed by atoms with Crippen molar-refractivity contribution >= 4 is 0 Å². The molecule has 2 fully saturated rings. The summed E-state index contributed by atoms with van der Waals surface area (Å²) in [7, 11) is 0. The molecule has 0 spiro atoms. The summed E-state index contributed by atoms with van der Waals surface area (Å²) < 4.78 is 0. The highest BCUT2D eigenvalue weighted by Crippen LogP contribution is 2.41. The average Bonchev–Trinajstić information content (AvgIpc) is 2.42. The van der Waals surface area contributed by atoms with Gasteiger partial charge in [0.15, 0.2) is 0 Å². The van der Waals surface area contributed by atoms with Crippen molar-refractivity contribution in [1.29, 1.82) is 0 Å². The van der Waals surface area contributed by atoms with Crippen molar-refractivity contribution in [3.8, 4) is 0 Å². The molecule has 2 nitrogen and oxygen atoms in total. The van der Waals surface area contributed by atoms with Gasteiger partial charge in [0.25, 0.3) is 0 Å². The molecule has 2 rings (SSSR count). The van der Waals surface area contributed by atoms with Crippen molar-refractivity contribution in [2.45, 2.75) is 84.7 Å². The minimum absolute atomic E-state index is 0.449. The summed E-state index contributed by atoms with van der Waals surface area (Å²) in [5.74, 6) is 4.82. The van der Waals surface area contributed by atoms with Gasteiger partial charge in [-0.15, -0.1) is 0 Å². The molecule has 0 saturated heterocycles. The number of rotatable bonds is 4. The predicted molar refractivity (Wildman–Crippen MR) is 91.9 cm³/mol. The standard InChI is InChI=1S/C19H38N2/c1-12(2)16-10-14(5-7-18(16)20)9-15-6-8-19(21)17(11-15)13(3)4/h12-19H,5-11,20-21H2,1-4H3. The van der Waals surface area contributed by atoms with Gasteiger partial charge in [0, 0.05) is 12.1 Å². The van der Waals surface area contributed by atoms with Crippen molar-refractivity contribution < 1.29 is 0 Å². The van der Waals surface area contributed by atoms with Crippen molar-refractivity contribution in [2.75, 3.05) is 0 Å². The molecule has 2 heteroatoms. The highest BCUT2D eigenvalue weighted by atomic mass is 14.7. The molecule has 124 valence electrons. The Balaban J connectivity index is 1.87. The van der Waals surface area contributed by atoms with Crippen LogP contribution in [-0.4, -0.2) is 12.1 Å². The summed E-state index contributed by atoms with van der Waals surface area (Å²) in [5, 5.41) is 0. The largest absolute Gasteiger partial charge is 0.327 e. The lowest BCUT2D eigenvalue weighted by Crippen LogP contribution is -2.41. The Morgan fingerprint density at radius 1 is 0.714 bits per heavy atom. The van der Waals surface area contributed by atoms with Crippen molar-refractivity contribution in [1.82, 2.24) is 0 Å². The van der Waals surface area contributed by atoms with E-state index in [0.717, 1.165) is 35.5 Å². The molecule has 6 atom stereocenters. The zero-order valence-corrected chi connectivity index (χ0v) is 14.7. The topological polar surface area (TPSA) is 52.0 Å². The molecule has 2 aliphatic rings. The first kappa shape index (κ1) is 17.3. The highest BCUT2D eigenvalue weighted by Gasteiger charge is 2.34. The quantitative estimate of drug-likeness (QED) is 0.817. The highest BCUT2D eigenvalue weighted by molar-refractivity contribution is 4.88. The summed E-state index contributed by atoms with van der Waals surface area (Å²) >= 11 is 0. The van der Waals surface area contributed by atoms with E-state index in [9.17, 15) is 0 Å². The first-order valence-corrected chi connectivity index (χ1v) is 9.39. The Hall–Kier alpha value is -0.0800. The second kappa shape index (κ2) is 7.46. The summed E-state index contributed by atoms with van der Waals surface area (Å²) in [6.07, 6.45) is 9.38. The molecule has 4 N–H and O–H groups in total. The molecule has 0 radical (unpaired) electrons. The SMILES string of the molecule is CC(C)C1CC(CC2CCC(N)C(C(C)C)C2)CCC1N. The van der Waals surface area contributed by atoms with Crippen LogP contribution in [0.3, 0.4) is 0 Å². The van der Waals surface area contributed by atoms with Crippen molar-refractivity contribution in [3.63, 3.8) is 0 Å². The maximum atomic E-state index is 6.34. The van der Waals surface area contributed by atoms with Gasteiger partial charge in [-0.3, -0.25) is 0 Å². The minimum Gasteiger partial charge on any atom is -0.327 e. The van der Waals surface area contributed by atoms with Gasteiger partial charge in [-0.25, -0.2) is 0 Å². The fourth-order valence-corrected chi connectivity index (χ4v) is 5.07. The molecule has 2 aliphatic carbocycles. The minimum atomic E-state index is 0.449. The summed E-state index contributed by atoms with van der Waals surface area (Å²) in [4.78, 5) is 0. The first-order valence-electron chi connectivity index (χ1n) is 9.39. The Kier molecular flexibility index (Phi) is 6.14. The third-order valence-corrected chi connectivity index (χ3v) is 6.51. The van der Waals surface area contributed by atoms with E-state index >= 15 is 0 Å². The molecule has 0 aromatic carbocycles. The van der Waals surface area contributed by atoms with Gasteiger partial charge in [-0.2, -0.15) is 0 Å². The third-order valence-electron chi connectivity index (χ3n) is 6.51. The van der Waals surface area contributed by atoms with Crippen LogP contribution in [0.25, 0.3) is 0 Å². The van der Waals surface area contributed by atoms with Crippen LogP contribution in [0.5, 0.6) is 0 Å². The van der Waals surface area contributed by atoms with Crippen LogP contribution in [0.4, 0.5) is 0 Å². The normalized spacial score (nSPS) is 41.7. The number of hydrogen-bond donors (Lipinski definition) is 2. The Morgan fingerprint density at radius 3 is 1.43 bits per heavy atom. The summed E-state index contributed by atoms with van der Waals surface area (Å²) in [6.45, 7) is 9.39. The zero-order valence-electron chi connectivity index (χ0n) is 14.7. The molecule has 0 bridgehead atoms. The maximum Gasteiger partial charge on any atom is 0.00698 e. The van der Waals surface area contributed by atoms with Gasteiger partial charge in [0.1, 0.15) is 0 Å². The Labute approximate surface area is 132 Å². The second-order valence-electron chi connectivity index (χ2n) is 8.74. The maximum absolute atomic E-state index is 6.34. The van der Waals surface area contributed by atoms with E-state index in [2.05, 4.69) is 27.7 Å². The predicted octanol–water partition coefficient (Wildman–Crippen LogP) is 4.18. The molecule has 6 unspecified atom stereocenters. The lowest BCUT2D eigenvalue weighted by atomic mass is 9.67. The van der Waals surface area contributed by atoms with E-state index in [-0.39, 0.29) is 0 Å². The molecular weight excluding hydrogens is 256 g/mol. The van der Waals surface area contributed by atoms with Gasteiger partial charge in [-0.05, 0) is 80.5 Å². The molecule has 0 amide bonds. The van der Waals surface area contributed by atoms with Crippen LogP contribution in [0, 0.1) is 35.5 Å².